The molecule has 0 saturated heterocycles. The molecule has 0 spiro atoms. The predicted octanol–water partition coefficient (Wildman–Crippen LogP) is -3.26. The van der Waals surface area contributed by atoms with Gasteiger partial charge in [-0.1, -0.05) is 0 Å². The first kappa shape index (κ1) is 11.8. The van der Waals surface area contributed by atoms with Crippen LogP contribution in [0, 0.1) is 0 Å². The zero-order chi connectivity index (χ0) is 5.54. The minimum absolute atomic E-state index is 0. The SMILES string of the molecule is C[N-]CCNC=O.[K+]. The van der Waals surface area contributed by atoms with E-state index in [-0.39, 0.29) is 51.4 Å². The molecular formula is C4H9KN2O. The van der Waals surface area contributed by atoms with E-state index >= 15 is 0 Å². The van der Waals surface area contributed by atoms with Crippen molar-refractivity contribution < 1.29 is 56.2 Å². The third-order valence-corrected chi connectivity index (χ3v) is 0.563. The van der Waals surface area contributed by atoms with E-state index in [1.54, 1.807) is 7.05 Å². The molecule has 0 aromatic carbocycles. The van der Waals surface area contributed by atoms with Gasteiger partial charge in [-0.15, -0.1) is 6.54 Å². The second-order valence-electron chi connectivity index (χ2n) is 1.11. The number of likely N-dealkylation sites (N-methyl/N-ethyl adjacent to an activating group) is 1. The average Bonchev–Trinajstić information content (AvgIpc) is 1.69. The second-order valence-corrected chi connectivity index (χ2v) is 1.11. The van der Waals surface area contributed by atoms with E-state index < -0.39 is 0 Å². The van der Waals surface area contributed by atoms with E-state index in [0.29, 0.717) is 19.5 Å². The van der Waals surface area contributed by atoms with Crippen molar-refractivity contribution in [2.75, 3.05) is 20.1 Å². The van der Waals surface area contributed by atoms with Crippen LogP contribution in [0.15, 0.2) is 0 Å². The number of hydrogen-bond donors (Lipinski definition) is 1. The van der Waals surface area contributed by atoms with E-state index in [1.807, 2.05) is 0 Å². The predicted molar refractivity (Wildman–Crippen MR) is 28.2 cm³/mol. The summed E-state index contributed by atoms with van der Waals surface area (Å²) in [5.41, 5.74) is 0. The topological polar surface area (TPSA) is 43.2 Å². The number of nitrogens with one attached hydrogen (secondary N) is 1. The Bertz CT molecular complexity index is 51.3. The van der Waals surface area contributed by atoms with Gasteiger partial charge in [-0.25, -0.2) is 0 Å². The molecule has 0 rings (SSSR count). The van der Waals surface area contributed by atoms with Crippen LogP contribution in [0.1, 0.15) is 0 Å². The van der Waals surface area contributed by atoms with Gasteiger partial charge in [0.25, 0.3) is 0 Å². The van der Waals surface area contributed by atoms with Crippen molar-refractivity contribution in [1.82, 2.24) is 5.32 Å². The van der Waals surface area contributed by atoms with Gasteiger partial charge in [0.1, 0.15) is 0 Å². The molecule has 0 aliphatic heterocycles. The van der Waals surface area contributed by atoms with Crippen molar-refractivity contribution in [2.24, 2.45) is 0 Å². The van der Waals surface area contributed by atoms with Crippen molar-refractivity contribution in [3.63, 3.8) is 0 Å². The first-order valence-corrected chi connectivity index (χ1v) is 2.14. The molecular weight excluding hydrogens is 131 g/mol. The molecule has 0 atom stereocenters. The van der Waals surface area contributed by atoms with Gasteiger partial charge in [-0.05, 0) is 6.54 Å². The van der Waals surface area contributed by atoms with Gasteiger partial charge in [0, 0.05) is 0 Å². The summed E-state index contributed by atoms with van der Waals surface area (Å²) >= 11 is 0. The second kappa shape index (κ2) is 10.9. The van der Waals surface area contributed by atoms with E-state index in [4.69, 9.17) is 0 Å². The van der Waals surface area contributed by atoms with Gasteiger partial charge in [-0.3, -0.25) is 4.79 Å². The average molecular weight is 140 g/mol. The van der Waals surface area contributed by atoms with Crippen molar-refractivity contribution >= 4 is 6.41 Å². The first-order valence-electron chi connectivity index (χ1n) is 2.14. The number of carbonyl (C=O) groups excluding carboxylic acids is 1. The molecule has 8 heavy (non-hydrogen) atoms. The molecule has 0 fully saturated rings. The quantitative estimate of drug-likeness (QED) is 0.249. The molecule has 0 aromatic rings. The molecule has 0 aromatic heterocycles. The fraction of sp³-hybridized carbons (Fsp3) is 0.750. The van der Waals surface area contributed by atoms with Gasteiger partial charge in [-0.2, -0.15) is 7.05 Å². The fourth-order valence-electron chi connectivity index (χ4n) is 0.235. The summed E-state index contributed by atoms with van der Waals surface area (Å²) in [5, 5.41) is 6.23. The molecule has 1 amide bonds. The van der Waals surface area contributed by atoms with Crippen LogP contribution in [-0.2, 0) is 4.79 Å². The van der Waals surface area contributed by atoms with Crippen LogP contribution >= 0.6 is 0 Å². The molecule has 0 saturated carbocycles. The summed E-state index contributed by atoms with van der Waals surface area (Å²) in [5.74, 6) is 0. The van der Waals surface area contributed by atoms with E-state index in [9.17, 15) is 4.79 Å². The Labute approximate surface area is 92.0 Å². The van der Waals surface area contributed by atoms with Crippen molar-refractivity contribution in [2.45, 2.75) is 0 Å². The Morgan fingerprint density at radius 1 is 1.75 bits per heavy atom. The molecule has 42 valence electrons. The molecule has 4 heteroatoms. The van der Waals surface area contributed by atoms with Gasteiger partial charge in [0.15, 0.2) is 0 Å². The third-order valence-electron chi connectivity index (χ3n) is 0.563. The van der Waals surface area contributed by atoms with Crippen molar-refractivity contribution in [3.05, 3.63) is 5.32 Å². The molecule has 0 heterocycles. The number of carbonyl (C=O) groups is 1. The Hall–Kier alpha value is 1.07. The summed E-state index contributed by atoms with van der Waals surface area (Å²) in [6.45, 7) is 1.36. The zero-order valence-corrected chi connectivity index (χ0v) is 8.47. The van der Waals surface area contributed by atoms with Crippen LogP contribution in [0.4, 0.5) is 0 Å². The molecule has 0 aliphatic rings. The monoisotopic (exact) mass is 140 g/mol. The Balaban J connectivity index is 0. The molecule has 1 N–H and O–H groups in total. The van der Waals surface area contributed by atoms with Crippen LogP contribution in [0.5, 0.6) is 0 Å². The zero-order valence-electron chi connectivity index (χ0n) is 5.35. The fourth-order valence-corrected chi connectivity index (χ4v) is 0.235. The number of rotatable bonds is 4. The van der Waals surface area contributed by atoms with E-state index in [0.717, 1.165) is 0 Å². The maximum absolute atomic E-state index is 9.53. The van der Waals surface area contributed by atoms with Crippen LogP contribution in [0.25, 0.3) is 5.32 Å². The van der Waals surface area contributed by atoms with Crippen LogP contribution in [0.3, 0.4) is 0 Å². The summed E-state index contributed by atoms with van der Waals surface area (Å²) in [7, 11) is 1.71. The molecule has 0 bridgehead atoms. The minimum atomic E-state index is 0. The molecule has 0 radical (unpaired) electrons. The first-order chi connectivity index (χ1) is 3.41. The van der Waals surface area contributed by atoms with Gasteiger partial charge in [0.2, 0.25) is 6.41 Å². The number of hydrogen-bond acceptors (Lipinski definition) is 1. The van der Waals surface area contributed by atoms with Crippen LogP contribution in [0.2, 0.25) is 0 Å². The minimum Gasteiger partial charge on any atom is -0.664 e. The molecule has 0 aliphatic carbocycles. The smallest absolute Gasteiger partial charge is 0.664 e. The Morgan fingerprint density at radius 2 is 2.38 bits per heavy atom. The summed E-state index contributed by atoms with van der Waals surface area (Å²) in [6.07, 6.45) is 0.672. The maximum Gasteiger partial charge on any atom is 1.00 e. The summed E-state index contributed by atoms with van der Waals surface area (Å²) in [4.78, 5) is 9.53. The third kappa shape index (κ3) is 10.1. The van der Waals surface area contributed by atoms with Crippen LogP contribution in [-0.4, -0.2) is 26.5 Å². The van der Waals surface area contributed by atoms with E-state index in [2.05, 4.69) is 10.6 Å². The summed E-state index contributed by atoms with van der Waals surface area (Å²) < 4.78 is 0. The van der Waals surface area contributed by atoms with Gasteiger partial charge in [0.05, 0.1) is 0 Å². The van der Waals surface area contributed by atoms with Gasteiger partial charge < -0.3 is 10.6 Å². The maximum atomic E-state index is 9.53. The van der Waals surface area contributed by atoms with Crippen molar-refractivity contribution in [1.29, 1.82) is 0 Å². The Morgan fingerprint density at radius 3 is 2.75 bits per heavy atom. The van der Waals surface area contributed by atoms with Crippen LogP contribution < -0.4 is 56.7 Å². The van der Waals surface area contributed by atoms with E-state index in [1.165, 1.54) is 0 Å². The molecule has 3 nitrogen and oxygen atoms in total. The summed E-state index contributed by atoms with van der Waals surface area (Å²) in [6, 6.07) is 0. The van der Waals surface area contributed by atoms with Gasteiger partial charge >= 0.3 is 51.4 Å². The molecule has 0 unspecified atom stereocenters. The largest absolute Gasteiger partial charge is 1.00 e. The normalized spacial score (nSPS) is 7.12. The standard InChI is InChI=1S/C4H9N2O.K/c1-5-2-3-6-4-7;/h4H,2-3H2,1H3,(H,6,7);/q-1;+1. The number of nitrogens with zero attached hydrogens (tertiary/aromatic N) is 1. The number of amides is 1. The Kier molecular flexibility index (Phi) is 16.2. The van der Waals surface area contributed by atoms with Crippen molar-refractivity contribution in [3.8, 4) is 0 Å².